The molecule has 2 rings (SSSR count). The molecule has 0 N–H and O–H groups in total. The van der Waals surface area contributed by atoms with Gasteiger partial charge in [0.05, 0.1) is 6.20 Å². The van der Waals surface area contributed by atoms with E-state index >= 15 is 0 Å². The van der Waals surface area contributed by atoms with Gasteiger partial charge in [0.25, 0.3) is 0 Å². The summed E-state index contributed by atoms with van der Waals surface area (Å²) in [7, 11) is 0. The Morgan fingerprint density at radius 3 is 3.08 bits per heavy atom. The van der Waals surface area contributed by atoms with Crippen molar-refractivity contribution >= 4 is 38.4 Å². The van der Waals surface area contributed by atoms with E-state index in [9.17, 15) is 4.79 Å². The monoisotopic (exact) mass is 247 g/mol. The maximum Gasteiger partial charge on any atom is 0.228 e. The van der Waals surface area contributed by atoms with Crippen LogP contribution in [-0.4, -0.2) is 26.9 Å². The second-order valence-electron chi connectivity index (χ2n) is 2.56. The Labute approximate surface area is 81.9 Å². The lowest BCUT2D eigenvalue weighted by Crippen LogP contribution is -2.23. The van der Waals surface area contributed by atoms with E-state index in [1.807, 2.05) is 0 Å². The van der Waals surface area contributed by atoms with E-state index < -0.39 is 0 Å². The number of hydrogen-bond acceptors (Lipinski definition) is 4. The number of nitrogens with zero attached hydrogens (tertiary/aromatic N) is 3. The topological polar surface area (TPSA) is 46.1 Å². The Bertz CT molecular complexity index is 289. The number of hydrogen-bond donors (Lipinski definition) is 0. The maximum absolute atomic E-state index is 11.3. The average Bonchev–Trinajstić information content (AvgIpc) is 2.58. The number of halogens is 1. The van der Waals surface area contributed by atoms with Crippen molar-refractivity contribution in [1.29, 1.82) is 0 Å². The molecule has 4 nitrogen and oxygen atoms in total. The van der Waals surface area contributed by atoms with Crippen LogP contribution in [0, 0.1) is 0 Å². The number of carbonyl (C=O) groups is 1. The molecule has 1 aromatic rings. The smallest absolute Gasteiger partial charge is 0.228 e. The molecule has 0 spiro atoms. The summed E-state index contributed by atoms with van der Waals surface area (Å²) >= 11 is 4.66. The van der Waals surface area contributed by atoms with Crippen molar-refractivity contribution in [2.24, 2.45) is 0 Å². The summed E-state index contributed by atoms with van der Waals surface area (Å²) in [5, 5.41) is 4.52. The maximum atomic E-state index is 11.3. The SMILES string of the molecule is O=C1CC(Br)CN1c1cnns1. The molecule has 1 amide bonds. The number of rotatable bonds is 1. The predicted octanol–water partition coefficient (Wildman–Crippen LogP) is 1.04. The van der Waals surface area contributed by atoms with Gasteiger partial charge in [0.1, 0.15) is 5.00 Å². The van der Waals surface area contributed by atoms with Crippen molar-refractivity contribution in [3.8, 4) is 0 Å². The molecule has 1 saturated heterocycles. The molecule has 1 atom stereocenters. The van der Waals surface area contributed by atoms with Crippen LogP contribution in [0.15, 0.2) is 6.20 Å². The molecule has 2 heterocycles. The van der Waals surface area contributed by atoms with Crippen molar-refractivity contribution in [2.45, 2.75) is 11.2 Å². The molecular weight excluding hydrogens is 242 g/mol. The van der Waals surface area contributed by atoms with Gasteiger partial charge in [-0.2, -0.15) is 0 Å². The van der Waals surface area contributed by atoms with Gasteiger partial charge >= 0.3 is 0 Å². The van der Waals surface area contributed by atoms with E-state index in [1.165, 1.54) is 11.5 Å². The molecule has 1 aliphatic rings. The fourth-order valence-electron chi connectivity index (χ4n) is 1.16. The van der Waals surface area contributed by atoms with Crippen LogP contribution in [0.4, 0.5) is 5.00 Å². The van der Waals surface area contributed by atoms with Crippen molar-refractivity contribution in [1.82, 2.24) is 9.59 Å². The summed E-state index contributed by atoms with van der Waals surface area (Å²) in [6, 6.07) is 0. The second-order valence-corrected chi connectivity index (χ2v) is 4.62. The molecule has 6 heteroatoms. The zero-order valence-corrected chi connectivity index (χ0v) is 8.51. The number of aromatic nitrogens is 2. The fourth-order valence-corrected chi connectivity index (χ4v) is 2.27. The van der Waals surface area contributed by atoms with Crippen LogP contribution in [0.2, 0.25) is 0 Å². The highest BCUT2D eigenvalue weighted by atomic mass is 79.9. The molecule has 64 valence electrons. The Morgan fingerprint density at radius 2 is 2.58 bits per heavy atom. The zero-order chi connectivity index (χ0) is 8.55. The molecule has 1 aromatic heterocycles. The molecule has 12 heavy (non-hydrogen) atoms. The van der Waals surface area contributed by atoms with E-state index in [-0.39, 0.29) is 10.7 Å². The van der Waals surface area contributed by atoms with Gasteiger partial charge in [0.2, 0.25) is 5.91 Å². The van der Waals surface area contributed by atoms with Crippen molar-refractivity contribution in [2.75, 3.05) is 11.4 Å². The van der Waals surface area contributed by atoms with Crippen LogP contribution >= 0.6 is 27.5 Å². The van der Waals surface area contributed by atoms with Gasteiger partial charge in [-0.25, -0.2) is 0 Å². The summed E-state index contributed by atoms with van der Waals surface area (Å²) in [6.07, 6.45) is 2.19. The average molecular weight is 248 g/mol. The van der Waals surface area contributed by atoms with Crippen molar-refractivity contribution < 1.29 is 4.79 Å². The Balaban J connectivity index is 2.21. The minimum absolute atomic E-state index is 0.142. The van der Waals surface area contributed by atoms with Gasteiger partial charge in [-0.15, -0.1) is 5.10 Å². The van der Waals surface area contributed by atoms with Gasteiger partial charge in [-0.05, 0) is 0 Å². The standard InChI is InChI=1S/C6H6BrN3OS/c7-4-1-5(11)10(3-4)6-2-8-9-12-6/h2,4H,1,3H2. The predicted molar refractivity (Wildman–Crippen MR) is 49.6 cm³/mol. The van der Waals surface area contributed by atoms with Crippen LogP contribution in [0.1, 0.15) is 6.42 Å². The number of alkyl halides is 1. The van der Waals surface area contributed by atoms with Crippen LogP contribution in [0.25, 0.3) is 0 Å². The third-order valence-electron chi connectivity index (χ3n) is 1.69. The summed E-state index contributed by atoms with van der Waals surface area (Å²) in [6.45, 7) is 0.725. The number of carbonyl (C=O) groups excluding carboxylic acids is 1. The third-order valence-corrected chi connectivity index (χ3v) is 3.00. The third kappa shape index (κ3) is 1.36. The minimum Gasteiger partial charge on any atom is -0.300 e. The molecule has 1 fully saturated rings. The Morgan fingerprint density at radius 1 is 1.75 bits per heavy atom. The van der Waals surface area contributed by atoms with Crippen LogP contribution in [0.3, 0.4) is 0 Å². The Hall–Kier alpha value is -0.490. The van der Waals surface area contributed by atoms with Crippen molar-refractivity contribution in [3.63, 3.8) is 0 Å². The lowest BCUT2D eigenvalue weighted by atomic mass is 10.4. The molecule has 1 aliphatic heterocycles. The summed E-state index contributed by atoms with van der Waals surface area (Å²) in [5.41, 5.74) is 0. The first-order valence-electron chi connectivity index (χ1n) is 3.49. The molecular formula is C6H6BrN3OS. The van der Waals surface area contributed by atoms with E-state index in [0.717, 1.165) is 11.5 Å². The number of anilines is 1. The molecule has 0 aromatic carbocycles. The number of amides is 1. The van der Waals surface area contributed by atoms with E-state index in [2.05, 4.69) is 25.5 Å². The highest BCUT2D eigenvalue weighted by molar-refractivity contribution is 9.09. The van der Waals surface area contributed by atoms with E-state index in [0.29, 0.717) is 6.42 Å². The minimum atomic E-state index is 0.142. The normalized spacial score (nSPS) is 23.6. The molecule has 0 bridgehead atoms. The van der Waals surface area contributed by atoms with Gasteiger partial charge in [-0.3, -0.25) is 4.79 Å². The molecule has 1 unspecified atom stereocenters. The van der Waals surface area contributed by atoms with E-state index in [1.54, 1.807) is 11.1 Å². The van der Waals surface area contributed by atoms with Crippen LogP contribution in [0.5, 0.6) is 0 Å². The van der Waals surface area contributed by atoms with Gasteiger partial charge in [0, 0.05) is 29.3 Å². The quantitative estimate of drug-likeness (QED) is 0.697. The molecule has 0 radical (unpaired) electrons. The molecule has 0 aliphatic carbocycles. The largest absolute Gasteiger partial charge is 0.300 e. The van der Waals surface area contributed by atoms with Gasteiger partial charge in [0.15, 0.2) is 0 Å². The summed E-state index contributed by atoms with van der Waals surface area (Å²) in [5.74, 6) is 0.142. The zero-order valence-electron chi connectivity index (χ0n) is 6.11. The van der Waals surface area contributed by atoms with Crippen LogP contribution < -0.4 is 4.90 Å². The molecule has 0 saturated carbocycles. The summed E-state index contributed by atoms with van der Waals surface area (Å²) < 4.78 is 3.71. The highest BCUT2D eigenvalue weighted by Crippen LogP contribution is 2.26. The Kier molecular flexibility index (Phi) is 2.10. The van der Waals surface area contributed by atoms with Crippen LogP contribution in [-0.2, 0) is 4.79 Å². The van der Waals surface area contributed by atoms with E-state index in [4.69, 9.17) is 0 Å². The lowest BCUT2D eigenvalue weighted by Gasteiger charge is -2.10. The van der Waals surface area contributed by atoms with Gasteiger partial charge in [-0.1, -0.05) is 20.4 Å². The summed E-state index contributed by atoms with van der Waals surface area (Å²) in [4.78, 5) is 13.3. The second kappa shape index (κ2) is 3.10. The highest BCUT2D eigenvalue weighted by Gasteiger charge is 2.29. The van der Waals surface area contributed by atoms with Crippen molar-refractivity contribution in [3.05, 3.63) is 6.20 Å². The first-order chi connectivity index (χ1) is 5.77. The first-order valence-corrected chi connectivity index (χ1v) is 5.18. The lowest BCUT2D eigenvalue weighted by molar-refractivity contribution is -0.116. The fraction of sp³-hybridized carbons (Fsp3) is 0.500. The van der Waals surface area contributed by atoms with Gasteiger partial charge < -0.3 is 4.90 Å². The first kappa shape index (κ1) is 8.12.